The van der Waals surface area contributed by atoms with E-state index in [4.69, 9.17) is 11.1 Å². The van der Waals surface area contributed by atoms with Crippen molar-refractivity contribution in [1.29, 1.82) is 5.41 Å². The number of rotatable bonds is 8. The molecule has 0 spiro atoms. The lowest BCUT2D eigenvalue weighted by atomic mass is 10.3. The third-order valence-corrected chi connectivity index (χ3v) is 5.26. The highest BCUT2D eigenvalue weighted by Gasteiger charge is 2.18. The number of carbonyl (C=O) groups excluding carboxylic acids is 1. The first-order valence-corrected chi connectivity index (χ1v) is 9.23. The van der Waals surface area contributed by atoms with E-state index in [1.807, 2.05) is 14.1 Å². The van der Waals surface area contributed by atoms with Crippen molar-refractivity contribution in [3.05, 3.63) is 40.4 Å². The standard InChI is InChI=1S/C17H21N9OS/c1-24(9-12-7-20-23-26(12)3)21-8-13-14(10-27)25(2)17-16(13)28-15(22-17)6-11(19)4-5-18/h4-5,7-8,10,19H,6,9,18H2,1-3H3/b5-4-,19-11?,21-8-. The highest BCUT2D eigenvalue weighted by Crippen LogP contribution is 2.29. The molecule has 0 radical (unpaired) electrons. The van der Waals surface area contributed by atoms with Gasteiger partial charge in [-0.3, -0.25) is 14.5 Å². The van der Waals surface area contributed by atoms with Crippen LogP contribution < -0.4 is 5.73 Å². The Hall–Kier alpha value is -3.34. The summed E-state index contributed by atoms with van der Waals surface area (Å²) < 4.78 is 4.30. The normalized spacial score (nSPS) is 11.8. The molecule has 3 N–H and O–H groups in total. The molecule has 0 aliphatic rings. The van der Waals surface area contributed by atoms with Crippen LogP contribution in [0.25, 0.3) is 10.3 Å². The minimum Gasteiger partial charge on any atom is -0.405 e. The molecule has 0 aromatic carbocycles. The largest absolute Gasteiger partial charge is 0.405 e. The molecule has 0 aliphatic heterocycles. The number of fused-ring (bicyclic) bond motifs is 1. The second-order valence-corrected chi connectivity index (χ2v) is 7.29. The Balaban J connectivity index is 1.90. The summed E-state index contributed by atoms with van der Waals surface area (Å²) in [6.45, 7) is 0.531. The number of aldehydes is 1. The summed E-state index contributed by atoms with van der Waals surface area (Å²) in [4.78, 5) is 16.2. The molecule has 0 saturated heterocycles. The average molecular weight is 399 g/mol. The molecule has 0 fully saturated rings. The van der Waals surface area contributed by atoms with Gasteiger partial charge < -0.3 is 15.7 Å². The number of carbonyl (C=O) groups is 1. The van der Waals surface area contributed by atoms with E-state index in [1.54, 1.807) is 33.7 Å². The molecule has 0 aliphatic carbocycles. The summed E-state index contributed by atoms with van der Waals surface area (Å²) in [5.74, 6) is 0. The zero-order valence-corrected chi connectivity index (χ0v) is 16.6. The summed E-state index contributed by atoms with van der Waals surface area (Å²) in [6, 6.07) is 0. The Morgan fingerprint density at radius 1 is 1.46 bits per heavy atom. The van der Waals surface area contributed by atoms with Crippen molar-refractivity contribution in [3.63, 3.8) is 0 Å². The Kier molecular flexibility index (Phi) is 5.64. The molecule has 146 valence electrons. The van der Waals surface area contributed by atoms with Crippen LogP contribution in [0, 0.1) is 5.41 Å². The molecule has 0 atom stereocenters. The van der Waals surface area contributed by atoms with E-state index < -0.39 is 0 Å². The predicted molar refractivity (Wildman–Crippen MR) is 109 cm³/mol. The van der Waals surface area contributed by atoms with Gasteiger partial charge in [0.05, 0.1) is 35.0 Å². The van der Waals surface area contributed by atoms with Crippen LogP contribution in [0.15, 0.2) is 23.6 Å². The Morgan fingerprint density at radius 2 is 2.25 bits per heavy atom. The van der Waals surface area contributed by atoms with Crippen LogP contribution in [0.2, 0.25) is 0 Å². The third-order valence-electron chi connectivity index (χ3n) is 4.19. The fraction of sp³-hybridized carbons (Fsp3) is 0.294. The Labute approximate surface area is 165 Å². The molecule has 28 heavy (non-hydrogen) atoms. The van der Waals surface area contributed by atoms with Crippen LogP contribution in [0.3, 0.4) is 0 Å². The number of hydrogen-bond acceptors (Lipinski definition) is 9. The van der Waals surface area contributed by atoms with Gasteiger partial charge in [0.25, 0.3) is 0 Å². The number of nitrogens with two attached hydrogens (primary N) is 1. The minimum atomic E-state index is 0.372. The minimum absolute atomic E-state index is 0.372. The molecule has 0 unspecified atom stereocenters. The fourth-order valence-electron chi connectivity index (χ4n) is 2.74. The van der Waals surface area contributed by atoms with Gasteiger partial charge in [0.15, 0.2) is 11.9 Å². The third kappa shape index (κ3) is 3.83. The number of nitrogens with one attached hydrogen (secondary N) is 1. The first-order chi connectivity index (χ1) is 13.4. The van der Waals surface area contributed by atoms with E-state index in [0.29, 0.717) is 35.6 Å². The van der Waals surface area contributed by atoms with Crippen LogP contribution in [-0.2, 0) is 27.1 Å². The second-order valence-electron chi connectivity index (χ2n) is 6.21. The van der Waals surface area contributed by atoms with Crippen LogP contribution in [0.1, 0.15) is 26.8 Å². The molecule has 0 amide bonds. The highest BCUT2D eigenvalue weighted by atomic mass is 32.1. The van der Waals surface area contributed by atoms with E-state index in [9.17, 15) is 4.79 Å². The molecule has 0 saturated carbocycles. The van der Waals surface area contributed by atoms with E-state index >= 15 is 0 Å². The summed E-state index contributed by atoms with van der Waals surface area (Å²) in [7, 11) is 5.45. The van der Waals surface area contributed by atoms with E-state index in [0.717, 1.165) is 21.7 Å². The topological polar surface area (TPSA) is 131 Å². The number of hydrazone groups is 1. The second kappa shape index (κ2) is 8.13. The van der Waals surface area contributed by atoms with Gasteiger partial charge >= 0.3 is 0 Å². The first-order valence-electron chi connectivity index (χ1n) is 8.42. The van der Waals surface area contributed by atoms with Crippen molar-refractivity contribution in [3.8, 4) is 0 Å². The van der Waals surface area contributed by atoms with Crippen molar-refractivity contribution in [2.75, 3.05) is 7.05 Å². The summed E-state index contributed by atoms with van der Waals surface area (Å²) in [5, 5.41) is 22.6. The molecular weight excluding hydrogens is 378 g/mol. The van der Waals surface area contributed by atoms with Crippen molar-refractivity contribution in [2.45, 2.75) is 13.0 Å². The van der Waals surface area contributed by atoms with Crippen LogP contribution in [0.5, 0.6) is 0 Å². The van der Waals surface area contributed by atoms with Gasteiger partial charge in [-0.15, -0.1) is 16.4 Å². The highest BCUT2D eigenvalue weighted by molar-refractivity contribution is 7.19. The molecule has 11 heteroatoms. The summed E-state index contributed by atoms with van der Waals surface area (Å²) in [6.07, 6.45) is 7.42. The quantitative estimate of drug-likeness (QED) is 0.331. The van der Waals surface area contributed by atoms with Crippen LogP contribution in [0.4, 0.5) is 0 Å². The van der Waals surface area contributed by atoms with E-state index in [1.165, 1.54) is 23.6 Å². The average Bonchev–Trinajstić information content (AvgIpc) is 3.30. The lowest BCUT2D eigenvalue weighted by Gasteiger charge is -2.11. The van der Waals surface area contributed by atoms with E-state index in [-0.39, 0.29) is 0 Å². The molecule has 3 rings (SSSR count). The number of aromatic nitrogens is 5. The fourth-order valence-corrected chi connectivity index (χ4v) is 3.87. The van der Waals surface area contributed by atoms with Gasteiger partial charge in [0, 0.05) is 38.8 Å². The number of nitrogens with zero attached hydrogens (tertiary/aromatic N) is 7. The predicted octanol–water partition coefficient (Wildman–Crippen LogP) is 1.08. The van der Waals surface area contributed by atoms with Crippen LogP contribution in [-0.4, -0.2) is 54.8 Å². The lowest BCUT2D eigenvalue weighted by Crippen LogP contribution is -2.14. The molecule has 0 bridgehead atoms. The van der Waals surface area contributed by atoms with Gasteiger partial charge in [-0.1, -0.05) is 5.21 Å². The molecule has 10 nitrogen and oxygen atoms in total. The monoisotopic (exact) mass is 399 g/mol. The molecular formula is C17H21N9OS. The van der Waals surface area contributed by atoms with E-state index in [2.05, 4.69) is 20.4 Å². The zero-order chi connectivity index (χ0) is 20.3. The van der Waals surface area contributed by atoms with Crippen molar-refractivity contribution in [1.82, 2.24) is 29.6 Å². The summed E-state index contributed by atoms with van der Waals surface area (Å²) >= 11 is 1.45. The van der Waals surface area contributed by atoms with Gasteiger partial charge in [-0.05, 0) is 12.3 Å². The van der Waals surface area contributed by atoms with Gasteiger partial charge in [-0.25, -0.2) is 4.98 Å². The van der Waals surface area contributed by atoms with Crippen molar-refractivity contribution in [2.24, 2.45) is 24.9 Å². The number of thiazole rings is 1. The van der Waals surface area contributed by atoms with Crippen LogP contribution >= 0.6 is 11.3 Å². The van der Waals surface area contributed by atoms with Crippen molar-refractivity contribution >= 4 is 39.9 Å². The number of hydrogen-bond donors (Lipinski definition) is 2. The number of aryl methyl sites for hydroxylation is 2. The Morgan fingerprint density at radius 3 is 2.89 bits per heavy atom. The smallest absolute Gasteiger partial charge is 0.167 e. The SMILES string of the molecule is CN(Cc1cnnn1C)/N=C\c1c(C=O)n(C)c2nc(CC(=N)/C=C\N)sc12. The van der Waals surface area contributed by atoms with Gasteiger partial charge in [0.1, 0.15) is 5.01 Å². The first kappa shape index (κ1) is 19.4. The molecule has 3 heterocycles. The summed E-state index contributed by atoms with van der Waals surface area (Å²) in [5.41, 5.74) is 8.55. The molecule has 3 aromatic rings. The number of allylic oxidation sites excluding steroid dienone is 1. The Bertz CT molecular complexity index is 1070. The van der Waals surface area contributed by atoms with Gasteiger partial charge in [0.2, 0.25) is 0 Å². The maximum Gasteiger partial charge on any atom is 0.167 e. The van der Waals surface area contributed by atoms with Gasteiger partial charge in [-0.2, -0.15) is 5.10 Å². The molecule has 3 aromatic heterocycles. The zero-order valence-electron chi connectivity index (χ0n) is 15.8. The maximum absolute atomic E-state index is 11.6. The van der Waals surface area contributed by atoms with Crippen molar-refractivity contribution < 1.29 is 4.79 Å². The lowest BCUT2D eigenvalue weighted by molar-refractivity contribution is 0.111. The maximum atomic E-state index is 11.6.